The smallest absolute Gasteiger partial charge is 0.290 e. The van der Waals surface area contributed by atoms with Gasteiger partial charge in [-0.1, -0.05) is 24.3 Å². The quantitative estimate of drug-likeness (QED) is 0.426. The van der Waals surface area contributed by atoms with Crippen LogP contribution in [0, 0.1) is 0 Å². The van der Waals surface area contributed by atoms with Crippen molar-refractivity contribution in [2.45, 2.75) is 44.3 Å². The van der Waals surface area contributed by atoms with Crippen molar-refractivity contribution in [3.8, 4) is 11.1 Å². The van der Waals surface area contributed by atoms with Gasteiger partial charge in [-0.25, -0.2) is 9.97 Å². The second kappa shape index (κ2) is 10.2. The van der Waals surface area contributed by atoms with E-state index in [1.165, 1.54) is 11.1 Å². The van der Waals surface area contributed by atoms with E-state index in [0.29, 0.717) is 28.6 Å². The zero-order chi connectivity index (χ0) is 23.3. The fourth-order valence-electron chi connectivity index (χ4n) is 4.33. The summed E-state index contributed by atoms with van der Waals surface area (Å²) >= 11 is 0.882. The highest BCUT2D eigenvalue weighted by Gasteiger charge is 2.25. The lowest BCUT2D eigenvalue weighted by molar-refractivity contribution is -0.115. The number of nitrogens with zero attached hydrogens (tertiary/aromatic N) is 2. The van der Waals surface area contributed by atoms with E-state index in [1.54, 1.807) is 30.9 Å². The molecule has 5 rings (SSSR count). The third kappa shape index (κ3) is 5.37. The molecule has 2 aliphatic rings. The van der Waals surface area contributed by atoms with Crippen molar-refractivity contribution < 1.29 is 14.0 Å². The standard InChI is InChI=1S/C25H25N5O3S/c31-23-22(34-25(32)30-23)13-20-9-11-26-24(29-20)28-19-7-5-18(6-8-19)27-14-16-3-1-2-4-21(16)17-10-12-33-15-17/h1-4,9-13,15,18-19,27H,5-8,14H2,(H,26,28,29)(H,30,31,32)/b22-13-/t18-,19-. The topological polar surface area (TPSA) is 109 Å². The normalized spacial score (nSPS) is 21.6. The maximum Gasteiger partial charge on any atom is 0.290 e. The Morgan fingerprint density at radius 1 is 1.09 bits per heavy atom. The highest BCUT2D eigenvalue weighted by atomic mass is 32.2. The van der Waals surface area contributed by atoms with Crippen molar-refractivity contribution in [2.24, 2.45) is 0 Å². The van der Waals surface area contributed by atoms with Crippen LogP contribution in [-0.2, 0) is 11.3 Å². The zero-order valence-electron chi connectivity index (χ0n) is 18.5. The molecular weight excluding hydrogens is 450 g/mol. The summed E-state index contributed by atoms with van der Waals surface area (Å²) in [5.41, 5.74) is 4.15. The van der Waals surface area contributed by atoms with Crippen LogP contribution in [0.5, 0.6) is 0 Å². The third-order valence-electron chi connectivity index (χ3n) is 6.09. The predicted octanol–water partition coefficient (Wildman–Crippen LogP) is 4.57. The van der Waals surface area contributed by atoms with Gasteiger partial charge in [-0.3, -0.25) is 14.9 Å². The summed E-state index contributed by atoms with van der Waals surface area (Å²) in [5, 5.41) is 9.03. The van der Waals surface area contributed by atoms with Crippen LogP contribution >= 0.6 is 11.8 Å². The van der Waals surface area contributed by atoms with Crippen molar-refractivity contribution >= 4 is 34.9 Å². The number of rotatable bonds is 7. The number of carbonyl (C=O) groups is 2. The summed E-state index contributed by atoms with van der Waals surface area (Å²) in [6.07, 6.45) is 10.9. The highest BCUT2D eigenvalue weighted by molar-refractivity contribution is 8.18. The van der Waals surface area contributed by atoms with Crippen LogP contribution < -0.4 is 16.0 Å². The van der Waals surface area contributed by atoms with Crippen LogP contribution in [0.1, 0.15) is 36.9 Å². The predicted molar refractivity (Wildman–Crippen MR) is 132 cm³/mol. The van der Waals surface area contributed by atoms with E-state index < -0.39 is 0 Å². The first-order chi connectivity index (χ1) is 16.6. The lowest BCUT2D eigenvalue weighted by Crippen LogP contribution is -2.37. The first-order valence-electron chi connectivity index (χ1n) is 11.3. The third-order valence-corrected chi connectivity index (χ3v) is 6.90. The lowest BCUT2D eigenvalue weighted by Gasteiger charge is -2.30. The van der Waals surface area contributed by atoms with Crippen LogP contribution in [0.25, 0.3) is 17.2 Å². The van der Waals surface area contributed by atoms with Crippen LogP contribution in [0.15, 0.2) is 64.4 Å². The molecule has 3 aromatic rings. The van der Waals surface area contributed by atoms with Crippen molar-refractivity contribution in [2.75, 3.05) is 5.32 Å². The fourth-order valence-corrected chi connectivity index (χ4v) is 5.00. The molecular formula is C25H25N5O3S. The Morgan fingerprint density at radius 3 is 2.68 bits per heavy atom. The molecule has 0 bridgehead atoms. The molecule has 2 aromatic heterocycles. The molecule has 0 atom stereocenters. The Labute approximate surface area is 201 Å². The number of hydrogen-bond donors (Lipinski definition) is 3. The minimum Gasteiger partial charge on any atom is -0.472 e. The van der Waals surface area contributed by atoms with Gasteiger partial charge >= 0.3 is 0 Å². The van der Waals surface area contributed by atoms with Crippen molar-refractivity contribution in [3.05, 3.63) is 71.3 Å². The summed E-state index contributed by atoms with van der Waals surface area (Å²) in [4.78, 5) is 32.3. The Morgan fingerprint density at radius 2 is 1.91 bits per heavy atom. The molecule has 174 valence electrons. The summed E-state index contributed by atoms with van der Waals surface area (Å²) in [5.74, 6) is 0.149. The number of thioether (sulfide) groups is 1. The van der Waals surface area contributed by atoms with E-state index in [0.717, 1.165) is 49.6 Å². The molecule has 9 heteroatoms. The van der Waals surface area contributed by atoms with Crippen molar-refractivity contribution in [1.29, 1.82) is 0 Å². The second-order valence-electron chi connectivity index (χ2n) is 8.40. The zero-order valence-corrected chi connectivity index (χ0v) is 19.3. The minimum absolute atomic E-state index is 0.296. The summed E-state index contributed by atoms with van der Waals surface area (Å²) in [6.45, 7) is 0.817. The van der Waals surface area contributed by atoms with E-state index in [4.69, 9.17) is 4.42 Å². The molecule has 2 amide bonds. The van der Waals surface area contributed by atoms with Gasteiger partial charge in [0.2, 0.25) is 5.95 Å². The molecule has 2 fully saturated rings. The van der Waals surface area contributed by atoms with Gasteiger partial charge in [-0.05, 0) is 66.8 Å². The maximum atomic E-state index is 11.8. The Balaban J connectivity index is 1.13. The van der Waals surface area contributed by atoms with Gasteiger partial charge in [-0.2, -0.15) is 0 Å². The Hall–Kier alpha value is -3.43. The molecule has 1 saturated carbocycles. The SMILES string of the molecule is O=C1NC(=O)/C(=C/c2ccnc(N[C@H]3CC[C@H](NCc4ccccc4-c4ccoc4)CC3)n2)S1. The Kier molecular flexibility index (Phi) is 6.73. The molecule has 0 spiro atoms. The van der Waals surface area contributed by atoms with Gasteiger partial charge in [0.1, 0.15) is 0 Å². The number of carbonyl (C=O) groups excluding carboxylic acids is 2. The molecule has 1 aromatic carbocycles. The van der Waals surface area contributed by atoms with Gasteiger partial charge in [0.25, 0.3) is 11.1 Å². The molecule has 3 heterocycles. The average molecular weight is 476 g/mol. The van der Waals surface area contributed by atoms with E-state index in [9.17, 15) is 9.59 Å². The number of benzene rings is 1. The molecule has 1 saturated heterocycles. The van der Waals surface area contributed by atoms with E-state index in [1.807, 2.05) is 6.07 Å². The molecule has 0 radical (unpaired) electrons. The summed E-state index contributed by atoms with van der Waals surface area (Å²) in [6, 6.07) is 12.9. The number of nitrogens with one attached hydrogen (secondary N) is 3. The molecule has 8 nitrogen and oxygen atoms in total. The largest absolute Gasteiger partial charge is 0.472 e. The highest BCUT2D eigenvalue weighted by Crippen LogP contribution is 2.27. The van der Waals surface area contributed by atoms with Gasteiger partial charge in [0.15, 0.2) is 0 Å². The van der Waals surface area contributed by atoms with Crippen LogP contribution in [0.2, 0.25) is 0 Å². The first-order valence-corrected chi connectivity index (χ1v) is 12.1. The molecule has 1 aliphatic heterocycles. The van der Waals surface area contributed by atoms with Crippen molar-refractivity contribution in [3.63, 3.8) is 0 Å². The summed E-state index contributed by atoms with van der Waals surface area (Å²) < 4.78 is 5.26. The summed E-state index contributed by atoms with van der Waals surface area (Å²) in [7, 11) is 0. The second-order valence-corrected chi connectivity index (χ2v) is 9.42. The van der Waals surface area contributed by atoms with Crippen LogP contribution in [0.3, 0.4) is 0 Å². The van der Waals surface area contributed by atoms with Gasteiger partial charge in [0.05, 0.1) is 23.1 Å². The number of imide groups is 1. The molecule has 3 N–H and O–H groups in total. The first kappa shape index (κ1) is 22.4. The number of aromatic nitrogens is 2. The molecule has 1 aliphatic carbocycles. The van der Waals surface area contributed by atoms with E-state index >= 15 is 0 Å². The Bertz CT molecular complexity index is 1200. The number of amides is 2. The van der Waals surface area contributed by atoms with Crippen molar-refractivity contribution in [1.82, 2.24) is 20.6 Å². The van der Waals surface area contributed by atoms with E-state index in [2.05, 4.69) is 50.2 Å². The van der Waals surface area contributed by atoms with E-state index in [-0.39, 0.29) is 11.1 Å². The minimum atomic E-state index is -0.388. The van der Waals surface area contributed by atoms with Gasteiger partial charge in [0, 0.05) is 30.4 Å². The molecule has 0 unspecified atom stereocenters. The van der Waals surface area contributed by atoms with Crippen LogP contribution in [-0.4, -0.2) is 33.2 Å². The number of hydrogen-bond acceptors (Lipinski definition) is 8. The monoisotopic (exact) mass is 475 g/mol. The number of furan rings is 1. The van der Waals surface area contributed by atoms with Gasteiger partial charge < -0.3 is 15.1 Å². The van der Waals surface area contributed by atoms with Crippen LogP contribution in [0.4, 0.5) is 10.7 Å². The number of anilines is 1. The fraction of sp³-hybridized carbons (Fsp3) is 0.280. The van der Waals surface area contributed by atoms with Gasteiger partial charge in [-0.15, -0.1) is 0 Å². The lowest BCUT2D eigenvalue weighted by atomic mass is 9.91. The average Bonchev–Trinajstić information content (AvgIpc) is 3.49. The molecule has 34 heavy (non-hydrogen) atoms. The maximum absolute atomic E-state index is 11.8.